The summed E-state index contributed by atoms with van der Waals surface area (Å²) in [5.74, 6) is -0.365. The second kappa shape index (κ2) is 5.54. The van der Waals surface area contributed by atoms with Crippen molar-refractivity contribution in [1.82, 2.24) is 9.62 Å². The van der Waals surface area contributed by atoms with Gasteiger partial charge in [0, 0.05) is 26.2 Å². The molecule has 1 amide bonds. The van der Waals surface area contributed by atoms with Crippen LogP contribution in [0.1, 0.15) is 27.7 Å². The first-order chi connectivity index (χ1) is 7.82. The van der Waals surface area contributed by atoms with Crippen LogP contribution in [0, 0.1) is 5.41 Å². The first-order valence-corrected chi connectivity index (χ1v) is 7.40. The van der Waals surface area contributed by atoms with Crippen LogP contribution in [-0.4, -0.2) is 50.6 Å². The number of sulfonamides is 1. The van der Waals surface area contributed by atoms with E-state index in [2.05, 4.69) is 5.32 Å². The van der Waals surface area contributed by atoms with Gasteiger partial charge in [-0.2, -0.15) is 0 Å². The minimum absolute atomic E-state index is 0.0822. The molecule has 0 aromatic carbocycles. The molecule has 0 fully saturated rings. The predicted octanol–water partition coefficient (Wildman–Crippen LogP) is -0.242. The zero-order valence-electron chi connectivity index (χ0n) is 12.1. The Kier molecular flexibility index (Phi) is 5.34. The summed E-state index contributed by atoms with van der Waals surface area (Å²) in [5.41, 5.74) is 4.48. The molecule has 18 heavy (non-hydrogen) atoms. The van der Waals surface area contributed by atoms with E-state index >= 15 is 0 Å². The standard InChI is InChI=1S/C11H25N3O3S/c1-10(2,11(3,4)12)9(15)13-7-8-18(16,17)14(5)6/h7-8,12H2,1-6H3,(H,13,15). The van der Waals surface area contributed by atoms with Crippen LogP contribution in [0.4, 0.5) is 0 Å². The lowest BCUT2D eigenvalue weighted by molar-refractivity contribution is -0.132. The molecule has 108 valence electrons. The quantitative estimate of drug-likeness (QED) is 0.701. The van der Waals surface area contributed by atoms with Crippen molar-refractivity contribution in [3.8, 4) is 0 Å². The molecular formula is C11H25N3O3S. The number of hydrogen-bond donors (Lipinski definition) is 2. The van der Waals surface area contributed by atoms with E-state index in [-0.39, 0.29) is 18.2 Å². The molecule has 0 aliphatic carbocycles. The summed E-state index contributed by atoms with van der Waals surface area (Å²) in [5, 5.41) is 2.62. The molecule has 6 nitrogen and oxygen atoms in total. The van der Waals surface area contributed by atoms with Gasteiger partial charge in [-0.15, -0.1) is 0 Å². The molecule has 0 spiro atoms. The van der Waals surface area contributed by atoms with Crippen molar-refractivity contribution >= 4 is 15.9 Å². The highest BCUT2D eigenvalue weighted by Crippen LogP contribution is 2.28. The smallest absolute Gasteiger partial charge is 0.227 e. The van der Waals surface area contributed by atoms with Gasteiger partial charge in [-0.25, -0.2) is 12.7 Å². The van der Waals surface area contributed by atoms with Crippen molar-refractivity contribution in [3.05, 3.63) is 0 Å². The second-order valence-electron chi connectivity index (χ2n) is 5.70. The van der Waals surface area contributed by atoms with Gasteiger partial charge in [0.25, 0.3) is 0 Å². The van der Waals surface area contributed by atoms with E-state index in [1.807, 2.05) is 0 Å². The summed E-state index contributed by atoms with van der Waals surface area (Å²) in [7, 11) is -0.363. The van der Waals surface area contributed by atoms with Crippen LogP contribution in [0.25, 0.3) is 0 Å². The average Bonchev–Trinajstić information content (AvgIpc) is 2.14. The van der Waals surface area contributed by atoms with E-state index in [1.54, 1.807) is 27.7 Å². The molecule has 0 heterocycles. The molecule has 0 aromatic heterocycles. The van der Waals surface area contributed by atoms with Gasteiger partial charge < -0.3 is 11.1 Å². The van der Waals surface area contributed by atoms with Crippen molar-refractivity contribution in [3.63, 3.8) is 0 Å². The maximum Gasteiger partial charge on any atom is 0.227 e. The van der Waals surface area contributed by atoms with Crippen LogP contribution < -0.4 is 11.1 Å². The van der Waals surface area contributed by atoms with E-state index < -0.39 is 21.0 Å². The lowest BCUT2D eigenvalue weighted by atomic mass is 9.74. The van der Waals surface area contributed by atoms with Crippen LogP contribution in [0.3, 0.4) is 0 Å². The molecule has 0 aliphatic rings. The zero-order valence-corrected chi connectivity index (χ0v) is 12.9. The molecule has 0 saturated heterocycles. The molecule has 0 bridgehead atoms. The topological polar surface area (TPSA) is 92.5 Å². The molecule has 0 unspecified atom stereocenters. The molecule has 0 atom stereocenters. The van der Waals surface area contributed by atoms with Crippen LogP contribution in [0.15, 0.2) is 0 Å². The van der Waals surface area contributed by atoms with E-state index in [4.69, 9.17) is 5.73 Å². The monoisotopic (exact) mass is 279 g/mol. The molecule has 0 aromatic rings. The lowest BCUT2D eigenvalue weighted by Gasteiger charge is -2.36. The fraction of sp³-hybridized carbons (Fsp3) is 0.909. The number of nitrogens with one attached hydrogen (secondary N) is 1. The molecular weight excluding hydrogens is 254 g/mol. The summed E-state index contributed by atoms with van der Waals surface area (Å²) in [6.07, 6.45) is 0. The summed E-state index contributed by atoms with van der Waals surface area (Å²) in [4.78, 5) is 12.0. The predicted molar refractivity (Wildman–Crippen MR) is 72.5 cm³/mol. The molecule has 7 heteroatoms. The number of amides is 1. The fourth-order valence-electron chi connectivity index (χ4n) is 0.990. The van der Waals surface area contributed by atoms with Crippen molar-refractivity contribution in [1.29, 1.82) is 0 Å². The van der Waals surface area contributed by atoms with Gasteiger partial charge in [-0.05, 0) is 27.7 Å². The Morgan fingerprint density at radius 2 is 1.67 bits per heavy atom. The first kappa shape index (κ1) is 17.3. The maximum absolute atomic E-state index is 12.0. The van der Waals surface area contributed by atoms with Crippen molar-refractivity contribution in [2.45, 2.75) is 33.2 Å². The van der Waals surface area contributed by atoms with Gasteiger partial charge in [0.2, 0.25) is 15.9 Å². The third-order valence-electron chi connectivity index (χ3n) is 3.38. The van der Waals surface area contributed by atoms with E-state index in [0.717, 1.165) is 4.31 Å². The van der Waals surface area contributed by atoms with Crippen LogP contribution in [-0.2, 0) is 14.8 Å². The van der Waals surface area contributed by atoms with Gasteiger partial charge in [-0.1, -0.05) is 0 Å². The van der Waals surface area contributed by atoms with E-state index in [0.29, 0.717) is 0 Å². The minimum atomic E-state index is -3.29. The SMILES string of the molecule is CN(C)S(=O)(=O)CCNC(=O)C(C)(C)C(C)(C)N. The van der Waals surface area contributed by atoms with E-state index in [1.165, 1.54) is 14.1 Å². The highest BCUT2D eigenvalue weighted by Gasteiger charge is 2.40. The average molecular weight is 279 g/mol. The number of rotatable bonds is 6. The first-order valence-electron chi connectivity index (χ1n) is 5.80. The summed E-state index contributed by atoms with van der Waals surface area (Å²) >= 11 is 0. The molecule has 3 N–H and O–H groups in total. The normalized spacial score (nSPS) is 13.8. The molecule has 0 aliphatic heterocycles. The Morgan fingerprint density at radius 3 is 2.00 bits per heavy atom. The summed E-state index contributed by atoms with van der Waals surface area (Å²) < 4.78 is 24.2. The number of nitrogens with two attached hydrogens (primary N) is 1. The Balaban J connectivity index is 4.47. The van der Waals surface area contributed by atoms with Gasteiger partial charge in [0.1, 0.15) is 0 Å². The van der Waals surface area contributed by atoms with Crippen molar-refractivity contribution in [2.75, 3.05) is 26.4 Å². The number of carbonyl (C=O) groups is 1. The van der Waals surface area contributed by atoms with Gasteiger partial charge in [0.15, 0.2) is 0 Å². The highest BCUT2D eigenvalue weighted by atomic mass is 32.2. The molecule has 0 radical (unpaired) electrons. The van der Waals surface area contributed by atoms with Crippen LogP contribution in [0.5, 0.6) is 0 Å². The largest absolute Gasteiger partial charge is 0.355 e. The van der Waals surface area contributed by atoms with Crippen LogP contribution >= 0.6 is 0 Å². The minimum Gasteiger partial charge on any atom is -0.355 e. The van der Waals surface area contributed by atoms with Gasteiger partial charge in [-0.3, -0.25) is 4.79 Å². The Bertz CT molecular complexity index is 394. The third kappa shape index (κ3) is 4.22. The molecule has 0 saturated carbocycles. The highest BCUT2D eigenvalue weighted by molar-refractivity contribution is 7.89. The number of carbonyl (C=O) groups excluding carboxylic acids is 1. The third-order valence-corrected chi connectivity index (χ3v) is 5.21. The van der Waals surface area contributed by atoms with Crippen molar-refractivity contribution in [2.24, 2.45) is 11.1 Å². The Morgan fingerprint density at radius 1 is 1.22 bits per heavy atom. The van der Waals surface area contributed by atoms with Gasteiger partial charge >= 0.3 is 0 Å². The Hall–Kier alpha value is -0.660. The Labute approximate surface area is 110 Å². The second-order valence-corrected chi connectivity index (χ2v) is 8.00. The zero-order chi connectivity index (χ0) is 14.8. The van der Waals surface area contributed by atoms with E-state index in [9.17, 15) is 13.2 Å². The van der Waals surface area contributed by atoms with Gasteiger partial charge in [0.05, 0.1) is 11.2 Å². The van der Waals surface area contributed by atoms with Crippen LogP contribution in [0.2, 0.25) is 0 Å². The van der Waals surface area contributed by atoms with Crippen molar-refractivity contribution < 1.29 is 13.2 Å². The fourth-order valence-corrected chi connectivity index (χ4v) is 1.71. The molecule has 0 rings (SSSR count). The summed E-state index contributed by atoms with van der Waals surface area (Å²) in [6, 6.07) is 0. The lowest BCUT2D eigenvalue weighted by Crippen LogP contribution is -2.56. The summed E-state index contributed by atoms with van der Waals surface area (Å²) in [6.45, 7) is 7.09. The number of nitrogens with zero attached hydrogens (tertiary/aromatic N) is 1. The maximum atomic E-state index is 12.0. The number of hydrogen-bond acceptors (Lipinski definition) is 4.